The second-order valence-electron chi connectivity index (χ2n) is 5.01. The number of hydrogen-bond acceptors (Lipinski definition) is 3. The summed E-state index contributed by atoms with van der Waals surface area (Å²) in [4.78, 5) is 6.57. The second-order valence-corrected chi connectivity index (χ2v) is 5.45. The molecular formula is C16H17ClN2O. The minimum Gasteiger partial charge on any atom is -0.477 e. The van der Waals surface area contributed by atoms with Gasteiger partial charge < -0.3 is 4.74 Å². The van der Waals surface area contributed by atoms with Gasteiger partial charge in [-0.1, -0.05) is 23.7 Å². The summed E-state index contributed by atoms with van der Waals surface area (Å²) < 4.78 is 5.81. The number of hydrogen-bond donors (Lipinski definition) is 0. The minimum absolute atomic E-state index is 0.645. The smallest absolute Gasteiger partial charge is 0.142 e. The van der Waals surface area contributed by atoms with E-state index in [1.54, 1.807) is 6.20 Å². The fourth-order valence-corrected chi connectivity index (χ4v) is 2.50. The molecule has 4 heteroatoms. The molecule has 3 rings (SSSR count). The van der Waals surface area contributed by atoms with Crippen LogP contribution in [0.4, 0.5) is 0 Å². The lowest BCUT2D eigenvalue weighted by Crippen LogP contribution is -2.24. The molecule has 2 aromatic rings. The van der Waals surface area contributed by atoms with E-state index in [9.17, 15) is 0 Å². The summed E-state index contributed by atoms with van der Waals surface area (Å²) in [6.07, 6.45) is 6.14. The molecule has 0 radical (unpaired) electrons. The Morgan fingerprint density at radius 3 is 2.55 bits per heavy atom. The molecule has 0 atom stereocenters. The second kappa shape index (κ2) is 6.25. The maximum atomic E-state index is 5.91. The van der Waals surface area contributed by atoms with Crippen molar-refractivity contribution in [1.82, 2.24) is 9.88 Å². The molecule has 0 amide bonds. The van der Waals surface area contributed by atoms with Crippen LogP contribution in [0.15, 0.2) is 42.7 Å². The number of ether oxygens (including phenoxy) is 1. The zero-order valence-electron chi connectivity index (χ0n) is 11.3. The standard InChI is InChI=1S/C16H17ClN2O/c17-15-5-3-13(4-6-15)14-9-16(11-18-10-14)20-12-19-7-1-2-8-19/h3-6,9-11H,1-2,7-8,12H2. The molecule has 0 N–H and O–H groups in total. The van der Waals surface area contributed by atoms with Crippen LogP contribution in [0.3, 0.4) is 0 Å². The molecule has 0 saturated carbocycles. The Morgan fingerprint density at radius 1 is 1.05 bits per heavy atom. The van der Waals surface area contributed by atoms with Gasteiger partial charge in [0.05, 0.1) is 6.20 Å². The number of benzene rings is 1. The van der Waals surface area contributed by atoms with Gasteiger partial charge in [0.1, 0.15) is 12.5 Å². The molecule has 1 aliphatic heterocycles. The van der Waals surface area contributed by atoms with Crippen LogP contribution >= 0.6 is 11.6 Å². The zero-order chi connectivity index (χ0) is 13.8. The van der Waals surface area contributed by atoms with Gasteiger partial charge in [0.25, 0.3) is 0 Å². The summed E-state index contributed by atoms with van der Waals surface area (Å²) in [5.74, 6) is 0.810. The molecule has 0 bridgehead atoms. The van der Waals surface area contributed by atoms with Crippen LogP contribution in [0.5, 0.6) is 5.75 Å². The van der Waals surface area contributed by atoms with Crippen molar-refractivity contribution < 1.29 is 4.74 Å². The Hall–Kier alpha value is -1.58. The van der Waals surface area contributed by atoms with Crippen LogP contribution in [-0.4, -0.2) is 29.7 Å². The van der Waals surface area contributed by atoms with Gasteiger partial charge in [-0.05, 0) is 36.6 Å². The highest BCUT2D eigenvalue weighted by molar-refractivity contribution is 6.30. The summed E-state index contributed by atoms with van der Waals surface area (Å²) in [5, 5.41) is 0.739. The molecule has 104 valence electrons. The number of pyridine rings is 1. The number of aromatic nitrogens is 1. The van der Waals surface area contributed by atoms with Crippen LogP contribution in [-0.2, 0) is 0 Å². The first-order valence-electron chi connectivity index (χ1n) is 6.87. The van der Waals surface area contributed by atoms with Crippen molar-refractivity contribution in [3.05, 3.63) is 47.7 Å². The van der Waals surface area contributed by atoms with Gasteiger partial charge >= 0.3 is 0 Å². The molecule has 3 nitrogen and oxygen atoms in total. The Kier molecular flexibility index (Phi) is 4.19. The third-order valence-electron chi connectivity index (χ3n) is 3.50. The van der Waals surface area contributed by atoms with E-state index in [4.69, 9.17) is 16.3 Å². The van der Waals surface area contributed by atoms with Gasteiger partial charge in [0.2, 0.25) is 0 Å². The van der Waals surface area contributed by atoms with Crippen LogP contribution < -0.4 is 4.74 Å². The van der Waals surface area contributed by atoms with E-state index in [2.05, 4.69) is 9.88 Å². The van der Waals surface area contributed by atoms with Gasteiger partial charge in [-0.25, -0.2) is 0 Å². The molecule has 0 spiro atoms. The number of likely N-dealkylation sites (tertiary alicyclic amines) is 1. The van der Waals surface area contributed by atoms with E-state index in [-0.39, 0.29) is 0 Å². The van der Waals surface area contributed by atoms with Crippen molar-refractivity contribution in [2.75, 3.05) is 19.8 Å². The molecule has 1 aromatic heterocycles. The van der Waals surface area contributed by atoms with Crippen molar-refractivity contribution in [3.63, 3.8) is 0 Å². The van der Waals surface area contributed by atoms with Crippen LogP contribution in [0.1, 0.15) is 12.8 Å². The monoisotopic (exact) mass is 288 g/mol. The fourth-order valence-electron chi connectivity index (χ4n) is 2.38. The summed E-state index contributed by atoms with van der Waals surface area (Å²) >= 11 is 5.91. The van der Waals surface area contributed by atoms with E-state index in [1.165, 1.54) is 12.8 Å². The van der Waals surface area contributed by atoms with Crippen molar-refractivity contribution in [1.29, 1.82) is 0 Å². The molecule has 1 aliphatic rings. The predicted molar refractivity (Wildman–Crippen MR) is 81.0 cm³/mol. The zero-order valence-corrected chi connectivity index (χ0v) is 12.0. The Morgan fingerprint density at radius 2 is 1.80 bits per heavy atom. The van der Waals surface area contributed by atoms with Crippen molar-refractivity contribution >= 4 is 11.6 Å². The fraction of sp³-hybridized carbons (Fsp3) is 0.312. The largest absolute Gasteiger partial charge is 0.477 e. The highest BCUT2D eigenvalue weighted by atomic mass is 35.5. The Labute approximate surface area is 124 Å². The quantitative estimate of drug-likeness (QED) is 0.855. The van der Waals surface area contributed by atoms with Crippen LogP contribution in [0, 0.1) is 0 Å². The van der Waals surface area contributed by atoms with Gasteiger partial charge in [-0.15, -0.1) is 0 Å². The molecule has 0 aliphatic carbocycles. The van der Waals surface area contributed by atoms with Crippen molar-refractivity contribution in [2.45, 2.75) is 12.8 Å². The summed E-state index contributed by atoms with van der Waals surface area (Å²) in [7, 11) is 0. The lowest BCUT2D eigenvalue weighted by Gasteiger charge is -2.15. The van der Waals surface area contributed by atoms with Crippen LogP contribution in [0.2, 0.25) is 5.02 Å². The van der Waals surface area contributed by atoms with Gasteiger partial charge in [-0.2, -0.15) is 0 Å². The lowest BCUT2D eigenvalue weighted by molar-refractivity contribution is 0.151. The predicted octanol–water partition coefficient (Wildman–Crippen LogP) is 3.83. The third-order valence-corrected chi connectivity index (χ3v) is 3.76. The molecular weight excluding hydrogens is 272 g/mol. The van der Waals surface area contributed by atoms with E-state index in [0.29, 0.717) is 6.73 Å². The first-order chi connectivity index (χ1) is 9.81. The minimum atomic E-state index is 0.645. The highest BCUT2D eigenvalue weighted by Gasteiger charge is 2.11. The normalized spacial score (nSPS) is 15.4. The lowest BCUT2D eigenvalue weighted by atomic mass is 10.1. The molecule has 0 unspecified atom stereocenters. The average molecular weight is 289 g/mol. The molecule has 1 aromatic carbocycles. The van der Waals surface area contributed by atoms with E-state index in [1.807, 2.05) is 36.5 Å². The average Bonchev–Trinajstić information content (AvgIpc) is 3.00. The Bertz CT molecular complexity index is 565. The SMILES string of the molecule is Clc1ccc(-c2cncc(OCN3CCCC3)c2)cc1. The number of halogens is 1. The van der Waals surface area contributed by atoms with Gasteiger partial charge in [0.15, 0.2) is 0 Å². The van der Waals surface area contributed by atoms with E-state index < -0.39 is 0 Å². The molecule has 1 fully saturated rings. The third kappa shape index (κ3) is 3.30. The summed E-state index contributed by atoms with van der Waals surface area (Å²) in [6, 6.07) is 9.77. The number of rotatable bonds is 4. The molecule has 2 heterocycles. The Balaban J connectivity index is 1.70. The van der Waals surface area contributed by atoms with Gasteiger partial charge in [-0.3, -0.25) is 9.88 Å². The van der Waals surface area contributed by atoms with E-state index in [0.717, 1.165) is 35.0 Å². The van der Waals surface area contributed by atoms with Crippen molar-refractivity contribution in [3.8, 4) is 16.9 Å². The topological polar surface area (TPSA) is 25.4 Å². The molecule has 20 heavy (non-hydrogen) atoms. The maximum Gasteiger partial charge on any atom is 0.142 e. The first kappa shape index (κ1) is 13.4. The molecule has 1 saturated heterocycles. The first-order valence-corrected chi connectivity index (χ1v) is 7.25. The highest BCUT2D eigenvalue weighted by Crippen LogP contribution is 2.24. The van der Waals surface area contributed by atoms with E-state index >= 15 is 0 Å². The maximum absolute atomic E-state index is 5.91. The van der Waals surface area contributed by atoms with Crippen molar-refractivity contribution in [2.24, 2.45) is 0 Å². The summed E-state index contributed by atoms with van der Waals surface area (Å²) in [6.45, 7) is 2.90. The number of nitrogens with zero attached hydrogens (tertiary/aromatic N) is 2. The van der Waals surface area contributed by atoms with Gasteiger partial charge in [0, 0.05) is 29.9 Å². The summed E-state index contributed by atoms with van der Waals surface area (Å²) in [5.41, 5.74) is 2.13. The van der Waals surface area contributed by atoms with Crippen LogP contribution in [0.25, 0.3) is 11.1 Å².